The summed E-state index contributed by atoms with van der Waals surface area (Å²) in [6.07, 6.45) is 8.40. The highest BCUT2D eigenvalue weighted by Gasteiger charge is 2.12. The second-order valence-electron chi connectivity index (χ2n) is 4.41. The molecule has 1 saturated carbocycles. The number of hydrogen-bond donors (Lipinski definition) is 1. The standard InChI is InChI=1S/C7H14.C4H3ClN4O2/c1-7-5-3-2-4-6-7;5-4-7-1-2(9(10)11)3(6)8-4/h7H,2-6H2,1H3;1H,(H2,6,7,8). The number of rotatable bonds is 1. The third-order valence-electron chi connectivity index (χ3n) is 2.86. The summed E-state index contributed by atoms with van der Waals surface area (Å²) in [4.78, 5) is 16.2. The fourth-order valence-corrected chi connectivity index (χ4v) is 1.95. The third kappa shape index (κ3) is 4.83. The summed E-state index contributed by atoms with van der Waals surface area (Å²) < 4.78 is 0. The molecule has 100 valence electrons. The van der Waals surface area contributed by atoms with Crippen LogP contribution in [0.2, 0.25) is 5.28 Å². The Morgan fingerprint density at radius 1 is 1.44 bits per heavy atom. The van der Waals surface area contributed by atoms with E-state index in [1.54, 1.807) is 0 Å². The van der Waals surface area contributed by atoms with E-state index in [9.17, 15) is 10.1 Å². The molecule has 18 heavy (non-hydrogen) atoms. The molecule has 2 N–H and O–H groups in total. The van der Waals surface area contributed by atoms with Crippen LogP contribution in [0, 0.1) is 16.0 Å². The van der Waals surface area contributed by atoms with Crippen LogP contribution in [0.1, 0.15) is 39.0 Å². The van der Waals surface area contributed by atoms with Gasteiger partial charge in [-0.2, -0.15) is 4.98 Å². The Balaban J connectivity index is 0.000000199. The largest absolute Gasteiger partial charge is 0.378 e. The molecule has 1 fully saturated rings. The van der Waals surface area contributed by atoms with Crippen molar-refractivity contribution < 1.29 is 4.92 Å². The van der Waals surface area contributed by atoms with Crippen molar-refractivity contribution in [2.75, 3.05) is 5.73 Å². The lowest BCUT2D eigenvalue weighted by molar-refractivity contribution is -0.384. The number of hydrogen-bond acceptors (Lipinski definition) is 5. The van der Waals surface area contributed by atoms with Gasteiger partial charge in [0.25, 0.3) is 0 Å². The zero-order valence-electron chi connectivity index (χ0n) is 10.3. The van der Waals surface area contributed by atoms with Crippen LogP contribution in [0.4, 0.5) is 11.5 Å². The Morgan fingerprint density at radius 2 is 2.06 bits per heavy atom. The summed E-state index contributed by atoms with van der Waals surface area (Å²) in [5.74, 6) is 0.809. The molecule has 1 aliphatic rings. The Bertz CT molecular complexity index is 408. The molecule has 0 amide bonds. The molecule has 1 heterocycles. The van der Waals surface area contributed by atoms with Crippen LogP contribution >= 0.6 is 11.6 Å². The molecule has 2 rings (SSSR count). The Labute approximate surface area is 111 Å². The van der Waals surface area contributed by atoms with E-state index < -0.39 is 4.92 Å². The Kier molecular flexibility index (Phi) is 5.77. The lowest BCUT2D eigenvalue weighted by Gasteiger charge is -2.15. The van der Waals surface area contributed by atoms with E-state index in [1.807, 2.05) is 0 Å². The lowest BCUT2D eigenvalue weighted by atomic mass is 9.91. The van der Waals surface area contributed by atoms with E-state index in [0.29, 0.717) is 0 Å². The minimum Gasteiger partial charge on any atom is -0.378 e. The van der Waals surface area contributed by atoms with E-state index in [-0.39, 0.29) is 16.8 Å². The number of halogens is 1. The maximum Gasteiger partial charge on any atom is 0.329 e. The van der Waals surface area contributed by atoms with Crippen molar-refractivity contribution in [1.82, 2.24) is 9.97 Å². The molecule has 0 spiro atoms. The highest BCUT2D eigenvalue weighted by atomic mass is 35.5. The van der Waals surface area contributed by atoms with Crippen LogP contribution in [0.5, 0.6) is 0 Å². The monoisotopic (exact) mass is 272 g/mol. The molecule has 1 aromatic rings. The second-order valence-corrected chi connectivity index (χ2v) is 4.75. The summed E-state index contributed by atoms with van der Waals surface area (Å²) in [5.41, 5.74) is 4.81. The molecule has 0 radical (unpaired) electrons. The van der Waals surface area contributed by atoms with Gasteiger partial charge in [-0.1, -0.05) is 39.0 Å². The summed E-state index contributed by atoms with van der Waals surface area (Å²) >= 11 is 5.30. The fourth-order valence-electron chi connectivity index (χ4n) is 1.81. The van der Waals surface area contributed by atoms with Gasteiger partial charge in [0, 0.05) is 0 Å². The predicted octanol–water partition coefficient (Wildman–Crippen LogP) is 3.21. The van der Waals surface area contributed by atoms with Gasteiger partial charge in [0.05, 0.1) is 4.92 Å². The highest BCUT2D eigenvalue weighted by Crippen LogP contribution is 2.22. The number of nitrogens with zero attached hydrogens (tertiary/aromatic N) is 3. The number of nitrogens with two attached hydrogens (primary N) is 1. The molecular formula is C11H17ClN4O2. The quantitative estimate of drug-likeness (QED) is 0.481. The summed E-state index contributed by atoms with van der Waals surface area (Å²) in [6, 6.07) is 0. The van der Waals surface area contributed by atoms with Crippen LogP contribution in [-0.2, 0) is 0 Å². The van der Waals surface area contributed by atoms with Gasteiger partial charge in [0.15, 0.2) is 0 Å². The van der Waals surface area contributed by atoms with Crippen LogP contribution in [0.3, 0.4) is 0 Å². The number of nitro groups is 1. The lowest BCUT2D eigenvalue weighted by Crippen LogP contribution is -1.99. The first-order valence-electron chi connectivity index (χ1n) is 5.93. The van der Waals surface area contributed by atoms with E-state index in [1.165, 1.54) is 32.1 Å². The van der Waals surface area contributed by atoms with Crippen LogP contribution < -0.4 is 5.73 Å². The van der Waals surface area contributed by atoms with Gasteiger partial charge in [-0.15, -0.1) is 0 Å². The maximum atomic E-state index is 10.1. The van der Waals surface area contributed by atoms with E-state index in [2.05, 4.69) is 16.9 Å². The Morgan fingerprint density at radius 3 is 2.44 bits per heavy atom. The van der Waals surface area contributed by atoms with Crippen molar-refractivity contribution in [1.29, 1.82) is 0 Å². The first kappa shape index (κ1) is 14.6. The Hall–Kier alpha value is -1.43. The van der Waals surface area contributed by atoms with E-state index in [0.717, 1.165) is 12.1 Å². The van der Waals surface area contributed by atoms with Crippen molar-refractivity contribution in [2.45, 2.75) is 39.0 Å². The highest BCUT2D eigenvalue weighted by molar-refractivity contribution is 6.28. The van der Waals surface area contributed by atoms with Gasteiger partial charge in [-0.25, -0.2) is 4.98 Å². The van der Waals surface area contributed by atoms with Crippen molar-refractivity contribution in [3.63, 3.8) is 0 Å². The van der Waals surface area contributed by atoms with Gasteiger partial charge >= 0.3 is 5.69 Å². The van der Waals surface area contributed by atoms with Crippen LogP contribution in [-0.4, -0.2) is 14.9 Å². The van der Waals surface area contributed by atoms with Crippen LogP contribution in [0.15, 0.2) is 6.20 Å². The molecule has 0 aromatic carbocycles. The van der Waals surface area contributed by atoms with Crippen molar-refractivity contribution in [3.8, 4) is 0 Å². The van der Waals surface area contributed by atoms with E-state index >= 15 is 0 Å². The molecule has 0 bridgehead atoms. The van der Waals surface area contributed by atoms with E-state index in [4.69, 9.17) is 17.3 Å². The number of aromatic nitrogens is 2. The summed E-state index contributed by atoms with van der Waals surface area (Å²) in [5, 5.41) is 10.0. The van der Waals surface area contributed by atoms with Gasteiger partial charge in [-0.3, -0.25) is 10.1 Å². The summed E-state index contributed by atoms with van der Waals surface area (Å²) in [7, 11) is 0. The zero-order valence-corrected chi connectivity index (χ0v) is 11.1. The molecule has 0 saturated heterocycles. The molecule has 1 aromatic heterocycles. The molecule has 0 aliphatic heterocycles. The molecule has 0 unspecified atom stereocenters. The average Bonchev–Trinajstić information content (AvgIpc) is 2.30. The molecular weight excluding hydrogens is 256 g/mol. The zero-order chi connectivity index (χ0) is 13.5. The first-order valence-corrected chi connectivity index (χ1v) is 6.31. The van der Waals surface area contributed by atoms with Gasteiger partial charge in [-0.05, 0) is 17.5 Å². The number of nitrogen functional groups attached to an aromatic ring is 1. The maximum absolute atomic E-state index is 10.1. The van der Waals surface area contributed by atoms with Crippen molar-refractivity contribution >= 4 is 23.1 Å². The van der Waals surface area contributed by atoms with Crippen molar-refractivity contribution in [3.05, 3.63) is 21.6 Å². The molecule has 1 aliphatic carbocycles. The first-order chi connectivity index (χ1) is 8.50. The van der Waals surface area contributed by atoms with Crippen molar-refractivity contribution in [2.24, 2.45) is 5.92 Å². The normalized spacial score (nSPS) is 15.7. The van der Waals surface area contributed by atoms with Gasteiger partial charge < -0.3 is 5.73 Å². The summed E-state index contributed by atoms with van der Waals surface area (Å²) in [6.45, 7) is 2.36. The second kappa shape index (κ2) is 7.10. The van der Waals surface area contributed by atoms with Gasteiger partial charge in [0.1, 0.15) is 6.20 Å². The molecule has 6 nitrogen and oxygen atoms in total. The average molecular weight is 273 g/mol. The molecule has 0 atom stereocenters. The third-order valence-corrected chi connectivity index (χ3v) is 3.04. The fraction of sp³-hybridized carbons (Fsp3) is 0.636. The van der Waals surface area contributed by atoms with Crippen LogP contribution in [0.25, 0.3) is 0 Å². The molecule has 7 heteroatoms. The topological polar surface area (TPSA) is 94.9 Å². The smallest absolute Gasteiger partial charge is 0.329 e. The number of anilines is 1. The predicted molar refractivity (Wildman–Crippen MR) is 70.4 cm³/mol. The van der Waals surface area contributed by atoms with Gasteiger partial charge in [0.2, 0.25) is 11.1 Å². The minimum atomic E-state index is -0.675. The minimum absolute atomic E-state index is 0.104. The SMILES string of the molecule is CC1CCCCC1.Nc1nc(Cl)ncc1[N+](=O)[O-].